The molecular weight excluding hydrogens is 1260 g/mol. The number of hydrogen-bond acceptors (Lipinski definition) is 14. The number of nitrogens with zero attached hydrogens (tertiary/aromatic N) is 8. The Labute approximate surface area is 588 Å². The van der Waals surface area contributed by atoms with Gasteiger partial charge in [-0.15, -0.1) is 0 Å². The smallest absolute Gasteiger partial charge is 0.246 e. The van der Waals surface area contributed by atoms with E-state index in [9.17, 15) is 48.3 Å². The van der Waals surface area contributed by atoms with Crippen LogP contribution in [0.5, 0.6) is 0 Å². The third-order valence-corrected chi connectivity index (χ3v) is 20.0. The number of ketones is 3. The molecule has 0 aliphatic carbocycles. The molecule has 2 aliphatic rings. The summed E-state index contributed by atoms with van der Waals surface area (Å²) in [5.41, 5.74) is 1.34. The van der Waals surface area contributed by atoms with Gasteiger partial charge in [-0.2, -0.15) is 0 Å². The van der Waals surface area contributed by atoms with Gasteiger partial charge in [0.2, 0.25) is 59.1 Å². The minimum atomic E-state index is -1.72. The van der Waals surface area contributed by atoms with Crippen LogP contribution in [0.1, 0.15) is 158 Å². The highest BCUT2D eigenvalue weighted by molar-refractivity contribution is 6.01. The minimum absolute atomic E-state index is 0.00102. The fourth-order valence-corrected chi connectivity index (χ4v) is 13.3. The van der Waals surface area contributed by atoms with Gasteiger partial charge in [-0.05, 0) is 87.2 Å². The number of Topliss-reactive ketones (excluding diaryl/α,β-unsaturated/α-hetero) is 3. The van der Waals surface area contributed by atoms with Gasteiger partial charge < -0.3 is 54.9 Å². The van der Waals surface area contributed by atoms with Crippen molar-refractivity contribution < 1.29 is 67.4 Å². The average Bonchev–Trinajstić information content (AvgIpc) is 0.828. The molecule has 0 spiro atoms. The van der Waals surface area contributed by atoms with Crippen LogP contribution in [-0.2, 0) is 75.2 Å². The summed E-state index contributed by atoms with van der Waals surface area (Å²) >= 11 is 0. The second-order valence-electron chi connectivity index (χ2n) is 29.3. The molecule has 99 heavy (non-hydrogen) atoms. The topological polar surface area (TPSA) is 292 Å². The fraction of sp³-hybridized carbons (Fsp3) is 0.667. The summed E-state index contributed by atoms with van der Waals surface area (Å²) in [6.07, 6.45) is -0.208. The van der Waals surface area contributed by atoms with E-state index >= 15 is 19.2 Å². The number of amides is 10. The quantitative estimate of drug-likeness (QED) is 0.172. The molecule has 2 aromatic carbocycles. The van der Waals surface area contributed by atoms with Crippen LogP contribution in [0.3, 0.4) is 0 Å². The van der Waals surface area contributed by atoms with Crippen LogP contribution in [0, 0.1) is 41.4 Å². The first kappa shape index (κ1) is 83.5. The number of likely N-dealkylation sites (tertiary alicyclic amines) is 1. The number of rotatable bonds is 18. The summed E-state index contributed by atoms with van der Waals surface area (Å²) in [5, 5.41) is 16.9. The lowest BCUT2D eigenvalue weighted by atomic mass is 9.89. The molecule has 24 nitrogen and oxygen atoms in total. The lowest BCUT2D eigenvalue weighted by molar-refractivity contribution is -0.152. The van der Waals surface area contributed by atoms with Gasteiger partial charge in [0.25, 0.3) is 0 Å². The average molecular weight is 1380 g/mol. The first-order valence-electron chi connectivity index (χ1n) is 35.4. The molecule has 2 fully saturated rings. The SMILES string of the molecule is CC[C@H](C)[C@@H]1NC(=O)[C@H](CC(C)C)N(C)C(=O)CN(C)C(=O)[C@H]([C@@H](C)O)CC(=O)[C@H](CC(C)C)N(C)C(=O)[C@H](Cc2ccccc2)N(C)C(=O)[C@H](C)N(C)C(=O)[C@@H](C)CC(=O)C[C@@H](C(=O)N(C)[C@@H](Cc2ccccc2)C(=O)C[C@@H](C)C(=O)N2CCCCC2)NC(=O)[C@H](C(C)C)N(C)C1=O. The van der Waals surface area contributed by atoms with Crippen molar-refractivity contribution in [2.45, 2.75) is 215 Å². The zero-order valence-electron chi connectivity index (χ0n) is 62.4. The molecule has 2 saturated heterocycles. The summed E-state index contributed by atoms with van der Waals surface area (Å²) in [6, 6.07) is 7.30. The first-order chi connectivity index (χ1) is 46.4. The van der Waals surface area contributed by atoms with Gasteiger partial charge in [0.15, 0.2) is 11.6 Å². The van der Waals surface area contributed by atoms with E-state index in [0.29, 0.717) is 30.6 Å². The van der Waals surface area contributed by atoms with Crippen molar-refractivity contribution in [1.29, 1.82) is 0 Å². The molecule has 4 rings (SSSR count). The molecule has 0 unspecified atom stereocenters. The van der Waals surface area contributed by atoms with Crippen molar-refractivity contribution in [3.05, 3.63) is 71.8 Å². The Balaban J connectivity index is 1.93. The van der Waals surface area contributed by atoms with E-state index in [1.807, 2.05) is 34.6 Å². The van der Waals surface area contributed by atoms with Crippen molar-refractivity contribution in [2.24, 2.45) is 41.4 Å². The lowest BCUT2D eigenvalue weighted by Gasteiger charge is -2.37. The normalized spacial score (nSPS) is 25.0. The van der Waals surface area contributed by atoms with Crippen molar-refractivity contribution in [2.75, 3.05) is 69.0 Å². The Bertz CT molecular complexity index is 3120. The Morgan fingerprint density at radius 1 is 0.596 bits per heavy atom. The number of carbonyl (C=O) groups excluding carboxylic acids is 13. The Kier molecular flexibility index (Phi) is 32.6. The van der Waals surface area contributed by atoms with Gasteiger partial charge in [-0.3, -0.25) is 62.3 Å². The Morgan fingerprint density at radius 2 is 1.14 bits per heavy atom. The van der Waals surface area contributed by atoms with E-state index in [4.69, 9.17) is 0 Å². The van der Waals surface area contributed by atoms with Crippen molar-refractivity contribution in [3.8, 4) is 0 Å². The minimum Gasteiger partial charge on any atom is -0.393 e. The highest BCUT2D eigenvalue weighted by Crippen LogP contribution is 2.27. The molecule has 0 saturated carbocycles. The Hall–Kier alpha value is -7.89. The predicted molar refractivity (Wildman–Crippen MR) is 377 cm³/mol. The second-order valence-corrected chi connectivity index (χ2v) is 29.3. The van der Waals surface area contributed by atoms with Crippen molar-refractivity contribution in [3.63, 3.8) is 0 Å². The van der Waals surface area contributed by atoms with Gasteiger partial charge in [0.05, 0.1) is 30.7 Å². The summed E-state index contributed by atoms with van der Waals surface area (Å²) in [7, 11) is 9.73. The van der Waals surface area contributed by atoms with Crippen LogP contribution >= 0.6 is 0 Å². The zero-order chi connectivity index (χ0) is 74.6. The maximum Gasteiger partial charge on any atom is 0.246 e. The lowest BCUT2D eigenvalue weighted by Crippen LogP contribution is -2.61. The van der Waals surface area contributed by atoms with E-state index in [1.165, 1.54) is 94.6 Å². The van der Waals surface area contributed by atoms with Crippen LogP contribution in [0.4, 0.5) is 0 Å². The molecule has 2 aromatic rings. The number of carbonyl (C=O) groups is 13. The largest absolute Gasteiger partial charge is 0.393 e. The molecule has 550 valence electrons. The third-order valence-electron chi connectivity index (χ3n) is 20.0. The number of aliphatic hydroxyl groups is 1. The summed E-state index contributed by atoms with van der Waals surface area (Å²) in [6.45, 7) is 20.8. The number of aliphatic hydroxyl groups excluding tert-OH is 1. The molecule has 0 bridgehead atoms. The van der Waals surface area contributed by atoms with Gasteiger partial charge in [0, 0.05) is 106 Å². The van der Waals surface area contributed by atoms with E-state index in [2.05, 4.69) is 10.6 Å². The number of hydrogen-bond donors (Lipinski definition) is 3. The first-order valence-corrected chi connectivity index (χ1v) is 35.4. The van der Waals surface area contributed by atoms with Crippen LogP contribution in [0.15, 0.2) is 60.7 Å². The van der Waals surface area contributed by atoms with Crippen molar-refractivity contribution in [1.82, 2.24) is 49.8 Å². The van der Waals surface area contributed by atoms with Crippen LogP contribution < -0.4 is 10.6 Å². The zero-order valence-corrected chi connectivity index (χ0v) is 62.4. The molecular formula is C75H116N10O14. The van der Waals surface area contributed by atoms with Crippen LogP contribution in [0.25, 0.3) is 0 Å². The molecule has 13 atom stereocenters. The predicted octanol–water partition coefficient (Wildman–Crippen LogP) is 5.24. The number of nitrogens with one attached hydrogen (secondary N) is 2. The third kappa shape index (κ3) is 23.1. The van der Waals surface area contributed by atoms with E-state index in [1.54, 1.807) is 93.3 Å². The van der Waals surface area contributed by atoms with Crippen LogP contribution in [-0.4, -0.2) is 244 Å². The van der Waals surface area contributed by atoms with E-state index < -0.39 is 180 Å². The highest BCUT2D eigenvalue weighted by atomic mass is 16.3. The maximum atomic E-state index is 15.5. The number of piperidine rings is 1. The van der Waals surface area contributed by atoms with Gasteiger partial charge in [-0.25, -0.2) is 0 Å². The van der Waals surface area contributed by atoms with E-state index in [0.717, 1.165) is 29.1 Å². The summed E-state index contributed by atoms with van der Waals surface area (Å²) in [5.74, 6) is -13.4. The van der Waals surface area contributed by atoms with E-state index in [-0.39, 0.29) is 49.8 Å². The molecule has 10 amide bonds. The summed E-state index contributed by atoms with van der Waals surface area (Å²) in [4.78, 5) is 202. The molecule has 24 heteroatoms. The highest BCUT2D eigenvalue weighted by Gasteiger charge is 2.44. The maximum absolute atomic E-state index is 15.5. The summed E-state index contributed by atoms with van der Waals surface area (Å²) < 4.78 is 0. The molecule has 3 N–H and O–H groups in total. The van der Waals surface area contributed by atoms with Gasteiger partial charge in [0.1, 0.15) is 42.0 Å². The standard InChI is InChI=1S/C75H116N10O14/c1-20-48(8)65-75(99)84(19)66(47(6)7)68(92)76-57(73(97)81(16)59(40-53-30-24-21-25-31-53)62(88)39-50(10)70(94)85-34-28-23-29-35-85)42-55(87)38-49(9)69(93)79(14)51(11)71(95)83(18)61(41-54-32-26-22-27-33-54)74(98)82(17)58(36-45(2)3)63(89)43-56(52(12)86)72(96)78(13)44-64(90)80(15)60(37-46(4)5)67(91)77-65/h21-22,24-27,30-33,45-52,56-61,65-66,86H,20,23,28-29,34-44H2,1-19H3,(H,76,92)(H,77,91)/t48-,49-,50+,51-,52+,56-,57-,58-,59-,60-,61-,65-,66-/m0/s1. The van der Waals surface area contributed by atoms with Crippen molar-refractivity contribution >= 4 is 76.4 Å². The molecule has 0 aromatic heterocycles. The van der Waals surface area contributed by atoms with Gasteiger partial charge >= 0.3 is 0 Å². The van der Waals surface area contributed by atoms with Crippen LogP contribution in [0.2, 0.25) is 0 Å². The molecule has 0 radical (unpaired) electrons. The monoisotopic (exact) mass is 1380 g/mol. The Morgan fingerprint density at radius 3 is 1.68 bits per heavy atom. The molecule has 2 aliphatic heterocycles. The fourth-order valence-electron chi connectivity index (χ4n) is 13.3. The number of likely N-dealkylation sites (N-methyl/N-ethyl adjacent to an activating group) is 7. The number of benzene rings is 2. The molecule has 2 heterocycles. The van der Waals surface area contributed by atoms with Gasteiger partial charge in [-0.1, -0.05) is 136 Å². The second kappa shape index (κ2) is 38.6.